The van der Waals surface area contributed by atoms with E-state index in [4.69, 9.17) is 24.3 Å². The maximum Gasteiger partial charge on any atom is 0.355 e. The van der Waals surface area contributed by atoms with Gasteiger partial charge in [0.2, 0.25) is 0 Å². The van der Waals surface area contributed by atoms with Gasteiger partial charge < -0.3 is 29.3 Å². The van der Waals surface area contributed by atoms with E-state index >= 15 is 0 Å². The van der Waals surface area contributed by atoms with E-state index in [2.05, 4.69) is 20.8 Å². The van der Waals surface area contributed by atoms with E-state index in [1.165, 1.54) is 22.7 Å². The van der Waals surface area contributed by atoms with Crippen LogP contribution in [0.2, 0.25) is 0 Å². The summed E-state index contributed by atoms with van der Waals surface area (Å²) in [5.74, 6) is -2.25. The van der Waals surface area contributed by atoms with E-state index in [0.29, 0.717) is 33.9 Å². The number of carbonyl (C=O) groups is 5. The maximum absolute atomic E-state index is 13.9. The van der Waals surface area contributed by atoms with Crippen LogP contribution in [-0.2, 0) is 44.9 Å². The van der Waals surface area contributed by atoms with Crippen molar-refractivity contribution in [2.45, 2.75) is 64.7 Å². The van der Waals surface area contributed by atoms with Crippen LogP contribution >= 0.6 is 11.8 Å². The van der Waals surface area contributed by atoms with Crippen molar-refractivity contribution in [3.63, 3.8) is 0 Å². The van der Waals surface area contributed by atoms with E-state index in [-0.39, 0.29) is 31.2 Å². The molecule has 2 unspecified atom stereocenters. The lowest BCUT2D eigenvalue weighted by Crippen LogP contribution is -2.71. The maximum atomic E-state index is 13.9. The summed E-state index contributed by atoms with van der Waals surface area (Å²) in [6.45, 7) is 8.82. The first-order valence-electron chi connectivity index (χ1n) is 17.9. The van der Waals surface area contributed by atoms with Gasteiger partial charge in [-0.15, -0.1) is 11.8 Å². The number of esters is 2. The van der Waals surface area contributed by atoms with Gasteiger partial charge in [0.15, 0.2) is 11.9 Å². The number of fused-ring (bicyclic) bond motifs is 1. The molecule has 1 fully saturated rings. The van der Waals surface area contributed by atoms with Crippen LogP contribution in [0.3, 0.4) is 0 Å². The number of amides is 3. The molecule has 17 heteroatoms. The standard InChI is InChI=1S/C40H43N7O9S/c1-7-55-45-31(18-33(49)56-40(3,4)5)36(50)44-34-37(51)47-35(39(52)54-21-25-8-10-29(53-6)11-9-25)28(22-57-38(34)47)20-46-14-12-26(13-15-46)27-17-30(42-19-27)24(2)16-32(48)43-23-41/h8-17,19,34,38H,7,18,20-22H2,1-6H3,(H,43,48)(H,44,50)/b24-16+,45-31?. The SMILES string of the molecule is CCON=C(CC(=O)OC(C)(C)C)C(=O)NC1C(=O)N2C(C(=O)OCc3ccc(OC)cc3)=C(CN3C=CC(=C4C=NC(/C(C)=C/C(=O)NC#N)=C4)C=C3)CSC12. The minimum atomic E-state index is -1.02. The van der Waals surface area contributed by atoms with Crippen LogP contribution in [0.15, 0.2) is 105 Å². The lowest BCUT2D eigenvalue weighted by molar-refractivity contribution is -0.154. The molecule has 3 amide bonds. The average Bonchev–Trinajstić information content (AvgIpc) is 3.68. The molecule has 57 heavy (non-hydrogen) atoms. The molecule has 0 aliphatic carbocycles. The highest BCUT2D eigenvalue weighted by atomic mass is 32.2. The Kier molecular flexibility index (Phi) is 13.5. The molecule has 2 N–H and O–H groups in total. The van der Waals surface area contributed by atoms with E-state index in [9.17, 15) is 24.0 Å². The molecule has 1 aromatic carbocycles. The van der Waals surface area contributed by atoms with E-state index < -0.39 is 53.1 Å². The third-order valence-electron chi connectivity index (χ3n) is 8.52. The van der Waals surface area contributed by atoms with Crippen LogP contribution in [0.1, 0.15) is 46.6 Å². The van der Waals surface area contributed by atoms with Crippen molar-refractivity contribution in [2.24, 2.45) is 10.1 Å². The van der Waals surface area contributed by atoms with Gasteiger partial charge in [-0.3, -0.25) is 34.4 Å². The van der Waals surface area contributed by atoms with Gasteiger partial charge in [-0.05, 0) is 87.3 Å². The number of aliphatic imine (C=N–C) groups is 1. The Morgan fingerprint density at radius 1 is 1.12 bits per heavy atom. The molecule has 0 bridgehead atoms. The summed E-state index contributed by atoms with van der Waals surface area (Å²) in [6.07, 6.45) is 13.4. The molecule has 1 saturated heterocycles. The van der Waals surface area contributed by atoms with E-state index in [0.717, 1.165) is 11.1 Å². The predicted octanol–water partition coefficient (Wildman–Crippen LogP) is 3.67. The number of nitrogens with zero attached hydrogens (tertiary/aromatic N) is 5. The Balaban J connectivity index is 1.34. The number of methoxy groups -OCH3 is 1. The summed E-state index contributed by atoms with van der Waals surface area (Å²) in [7, 11) is 1.55. The zero-order valence-electron chi connectivity index (χ0n) is 32.4. The molecule has 0 radical (unpaired) electrons. The Morgan fingerprint density at radius 2 is 1.84 bits per heavy atom. The molecule has 0 saturated carbocycles. The molecular weight excluding hydrogens is 755 g/mol. The molecule has 2 atom stereocenters. The minimum absolute atomic E-state index is 0.0588. The van der Waals surface area contributed by atoms with Crippen LogP contribution in [0.4, 0.5) is 0 Å². The fraction of sp³-hybridized carbons (Fsp3) is 0.350. The number of carbonyl (C=O) groups excluding carboxylic acids is 5. The summed E-state index contributed by atoms with van der Waals surface area (Å²) in [4.78, 5) is 78.1. The highest BCUT2D eigenvalue weighted by Gasteiger charge is 2.54. The quantitative estimate of drug-likeness (QED) is 0.0527. The van der Waals surface area contributed by atoms with Crippen molar-refractivity contribution in [1.82, 2.24) is 20.4 Å². The zero-order chi connectivity index (χ0) is 41.3. The minimum Gasteiger partial charge on any atom is -0.497 e. The predicted molar refractivity (Wildman–Crippen MR) is 210 cm³/mol. The van der Waals surface area contributed by atoms with Crippen LogP contribution in [0, 0.1) is 11.5 Å². The molecule has 16 nitrogen and oxygen atoms in total. The average molecular weight is 798 g/mol. The molecule has 4 heterocycles. The van der Waals surface area contributed by atoms with Crippen LogP contribution in [-0.4, -0.2) is 94.4 Å². The van der Waals surface area contributed by atoms with Gasteiger partial charge in [0.25, 0.3) is 17.7 Å². The summed E-state index contributed by atoms with van der Waals surface area (Å²) < 4.78 is 16.3. The number of allylic oxidation sites excluding steroid dienone is 6. The third kappa shape index (κ3) is 10.7. The number of ether oxygens (including phenoxy) is 3. The van der Waals surface area contributed by atoms with Gasteiger partial charge in [-0.1, -0.05) is 17.3 Å². The summed E-state index contributed by atoms with van der Waals surface area (Å²) in [6, 6.07) is 6.02. The Morgan fingerprint density at radius 3 is 2.49 bits per heavy atom. The van der Waals surface area contributed by atoms with Crippen molar-refractivity contribution >= 4 is 53.3 Å². The number of nitriles is 1. The van der Waals surface area contributed by atoms with Gasteiger partial charge in [0, 0.05) is 42.6 Å². The highest BCUT2D eigenvalue weighted by molar-refractivity contribution is 8.00. The smallest absolute Gasteiger partial charge is 0.355 e. The zero-order valence-corrected chi connectivity index (χ0v) is 33.2. The van der Waals surface area contributed by atoms with Crippen molar-refractivity contribution in [1.29, 1.82) is 5.26 Å². The molecule has 4 aliphatic rings. The number of hydrogen-bond donors (Lipinski definition) is 2. The number of nitrogens with one attached hydrogen (secondary N) is 2. The molecule has 4 aliphatic heterocycles. The largest absolute Gasteiger partial charge is 0.497 e. The second kappa shape index (κ2) is 18.5. The van der Waals surface area contributed by atoms with Gasteiger partial charge >= 0.3 is 11.9 Å². The first kappa shape index (κ1) is 41.7. The van der Waals surface area contributed by atoms with E-state index in [1.54, 1.807) is 78.4 Å². The van der Waals surface area contributed by atoms with Gasteiger partial charge in [0.05, 0.1) is 19.2 Å². The van der Waals surface area contributed by atoms with Crippen LogP contribution in [0.5, 0.6) is 5.75 Å². The normalized spacial score (nSPS) is 19.0. The van der Waals surface area contributed by atoms with Crippen molar-refractivity contribution in [3.8, 4) is 11.9 Å². The first-order valence-corrected chi connectivity index (χ1v) is 18.9. The van der Waals surface area contributed by atoms with Crippen LogP contribution < -0.4 is 15.4 Å². The Labute approximate surface area is 334 Å². The summed E-state index contributed by atoms with van der Waals surface area (Å²) in [5.41, 5.74) is 3.22. The fourth-order valence-corrected chi connectivity index (χ4v) is 7.17. The molecular formula is C40H43N7O9S. The van der Waals surface area contributed by atoms with Crippen LogP contribution in [0.25, 0.3) is 0 Å². The van der Waals surface area contributed by atoms with Crippen molar-refractivity contribution in [2.75, 3.05) is 26.0 Å². The van der Waals surface area contributed by atoms with E-state index in [1.807, 2.05) is 35.5 Å². The van der Waals surface area contributed by atoms with Gasteiger partial charge in [-0.25, -0.2) is 4.79 Å². The third-order valence-corrected chi connectivity index (χ3v) is 9.86. The molecule has 298 valence electrons. The second-order valence-electron chi connectivity index (χ2n) is 13.9. The monoisotopic (exact) mass is 797 g/mol. The number of rotatable bonds is 14. The fourth-order valence-electron chi connectivity index (χ4n) is 5.84. The number of hydrogen-bond acceptors (Lipinski definition) is 14. The summed E-state index contributed by atoms with van der Waals surface area (Å²) in [5, 5.41) is 16.6. The Hall–Kier alpha value is -6.41. The number of oxime groups is 1. The number of thioether (sulfide) groups is 1. The topological polar surface area (TPSA) is 201 Å². The highest BCUT2D eigenvalue weighted by Crippen LogP contribution is 2.41. The number of benzene rings is 1. The lowest BCUT2D eigenvalue weighted by atomic mass is 10.0. The van der Waals surface area contributed by atoms with Gasteiger partial charge in [-0.2, -0.15) is 5.26 Å². The molecule has 5 rings (SSSR count). The Bertz CT molecular complexity index is 2080. The first-order chi connectivity index (χ1) is 27.2. The number of β-lactam (4-membered cyclic amide) rings is 1. The second-order valence-corrected chi connectivity index (χ2v) is 15.0. The van der Waals surface area contributed by atoms with Gasteiger partial charge in [0.1, 0.15) is 41.7 Å². The van der Waals surface area contributed by atoms with Crippen molar-refractivity contribution in [3.05, 3.63) is 100 Å². The molecule has 1 aromatic rings. The summed E-state index contributed by atoms with van der Waals surface area (Å²) >= 11 is 1.37. The van der Waals surface area contributed by atoms with Crippen molar-refractivity contribution < 1.29 is 43.0 Å². The molecule has 0 aromatic heterocycles. The molecule has 0 spiro atoms. The lowest BCUT2D eigenvalue weighted by Gasteiger charge is -2.50.